The first kappa shape index (κ1) is 10.4. The number of hydrogen-bond acceptors (Lipinski definition) is 3. The van der Waals surface area contributed by atoms with E-state index in [1.807, 2.05) is 0 Å². The Bertz CT molecular complexity index is 432. The smallest absolute Gasteiger partial charge is 0.337 e. The number of fused-ring (bicyclic) bond motifs is 1. The molecule has 1 aromatic rings. The molecule has 1 aliphatic carbocycles. The molecular weight excluding hydrogens is 260 g/mol. The first-order valence-electron chi connectivity index (χ1n) is 4.81. The number of carbonyl (C=O) groups is 1. The van der Waals surface area contributed by atoms with Crippen LogP contribution in [0.2, 0.25) is 0 Å². The molecule has 2 rings (SSSR count). The number of anilines is 1. The Labute approximate surface area is 95.6 Å². The third kappa shape index (κ3) is 1.71. The summed E-state index contributed by atoms with van der Waals surface area (Å²) in [7, 11) is 0. The van der Waals surface area contributed by atoms with Crippen molar-refractivity contribution in [1.29, 1.82) is 0 Å². The van der Waals surface area contributed by atoms with Crippen LogP contribution in [0.3, 0.4) is 0 Å². The summed E-state index contributed by atoms with van der Waals surface area (Å²) in [6.45, 7) is 0. The Morgan fingerprint density at radius 2 is 2.07 bits per heavy atom. The second-order valence-corrected chi connectivity index (χ2v) is 4.42. The minimum Gasteiger partial charge on any atom is -0.478 e. The minimum absolute atomic E-state index is 0.271. The monoisotopic (exact) mass is 270 g/mol. The van der Waals surface area contributed by atoms with E-state index < -0.39 is 5.97 Å². The predicted molar refractivity (Wildman–Crippen MR) is 60.0 cm³/mol. The van der Waals surface area contributed by atoms with Crippen LogP contribution in [0.15, 0.2) is 4.47 Å². The summed E-state index contributed by atoms with van der Waals surface area (Å²) in [4.78, 5) is 15.4. The van der Waals surface area contributed by atoms with E-state index in [2.05, 4.69) is 20.9 Å². The van der Waals surface area contributed by atoms with Gasteiger partial charge < -0.3 is 10.8 Å². The average molecular weight is 271 g/mol. The van der Waals surface area contributed by atoms with Crippen LogP contribution >= 0.6 is 15.9 Å². The molecule has 0 unspecified atom stereocenters. The van der Waals surface area contributed by atoms with Gasteiger partial charge in [0.25, 0.3) is 0 Å². The number of aryl methyl sites for hydroxylation is 1. The molecule has 0 fully saturated rings. The molecule has 0 radical (unpaired) electrons. The van der Waals surface area contributed by atoms with Crippen molar-refractivity contribution < 1.29 is 9.90 Å². The highest BCUT2D eigenvalue weighted by atomic mass is 79.9. The molecule has 0 bridgehead atoms. The van der Waals surface area contributed by atoms with E-state index in [0.717, 1.165) is 36.9 Å². The van der Waals surface area contributed by atoms with Crippen molar-refractivity contribution in [3.05, 3.63) is 21.3 Å². The quantitative estimate of drug-likeness (QED) is 0.819. The number of nitrogens with two attached hydrogens (primary N) is 1. The number of hydrogen-bond donors (Lipinski definition) is 2. The summed E-state index contributed by atoms with van der Waals surface area (Å²) in [6, 6.07) is 0. The maximum absolute atomic E-state index is 11.1. The SMILES string of the molecule is Nc1nc2c(c(C(=O)O)c1Br)CCCC2. The van der Waals surface area contributed by atoms with Gasteiger partial charge in [-0.2, -0.15) is 0 Å². The number of aromatic carboxylic acids is 1. The fourth-order valence-electron chi connectivity index (χ4n) is 1.96. The van der Waals surface area contributed by atoms with E-state index in [-0.39, 0.29) is 11.4 Å². The second kappa shape index (κ2) is 3.81. The molecule has 0 saturated carbocycles. The van der Waals surface area contributed by atoms with Crippen molar-refractivity contribution in [2.45, 2.75) is 25.7 Å². The summed E-state index contributed by atoms with van der Waals surface area (Å²) in [5.74, 6) is -0.665. The van der Waals surface area contributed by atoms with Gasteiger partial charge in [-0.1, -0.05) is 0 Å². The van der Waals surface area contributed by atoms with E-state index in [1.165, 1.54) is 0 Å². The van der Waals surface area contributed by atoms with Crippen molar-refractivity contribution in [2.24, 2.45) is 0 Å². The molecule has 1 aliphatic rings. The van der Waals surface area contributed by atoms with Crippen LogP contribution in [-0.2, 0) is 12.8 Å². The number of carboxylic acids is 1. The Morgan fingerprint density at radius 1 is 1.40 bits per heavy atom. The van der Waals surface area contributed by atoms with E-state index in [4.69, 9.17) is 10.8 Å². The lowest BCUT2D eigenvalue weighted by atomic mass is 9.92. The third-order valence-corrected chi connectivity index (χ3v) is 3.46. The summed E-state index contributed by atoms with van der Waals surface area (Å²) in [5, 5.41) is 9.13. The average Bonchev–Trinajstić information content (AvgIpc) is 2.19. The van der Waals surface area contributed by atoms with Gasteiger partial charge in [0.2, 0.25) is 0 Å². The van der Waals surface area contributed by atoms with Crippen LogP contribution in [0.5, 0.6) is 0 Å². The maximum atomic E-state index is 11.1. The second-order valence-electron chi connectivity index (χ2n) is 3.62. The summed E-state index contributed by atoms with van der Waals surface area (Å²) in [5.41, 5.74) is 7.64. The number of pyridine rings is 1. The van der Waals surface area contributed by atoms with Gasteiger partial charge in [0.15, 0.2) is 0 Å². The molecule has 0 aromatic carbocycles. The normalized spacial score (nSPS) is 14.7. The Kier molecular flexibility index (Phi) is 2.65. The topological polar surface area (TPSA) is 76.2 Å². The van der Waals surface area contributed by atoms with Crippen molar-refractivity contribution in [3.63, 3.8) is 0 Å². The minimum atomic E-state index is -0.936. The first-order chi connectivity index (χ1) is 7.11. The zero-order chi connectivity index (χ0) is 11.0. The third-order valence-electron chi connectivity index (χ3n) is 2.65. The predicted octanol–water partition coefficient (Wildman–Crippen LogP) is 2.00. The number of aromatic nitrogens is 1. The van der Waals surface area contributed by atoms with Crippen LogP contribution in [0.4, 0.5) is 5.82 Å². The molecule has 0 saturated heterocycles. The van der Waals surface area contributed by atoms with Crippen molar-refractivity contribution >= 4 is 27.7 Å². The van der Waals surface area contributed by atoms with Crippen LogP contribution < -0.4 is 5.73 Å². The van der Waals surface area contributed by atoms with Gasteiger partial charge >= 0.3 is 5.97 Å². The molecule has 0 aliphatic heterocycles. The molecule has 4 nitrogen and oxygen atoms in total. The molecule has 15 heavy (non-hydrogen) atoms. The van der Waals surface area contributed by atoms with Gasteiger partial charge in [-0.15, -0.1) is 0 Å². The zero-order valence-corrected chi connectivity index (χ0v) is 9.67. The number of carboxylic acid groups (broad SMARTS) is 1. The van der Waals surface area contributed by atoms with E-state index in [9.17, 15) is 4.79 Å². The lowest BCUT2D eigenvalue weighted by molar-refractivity contribution is 0.0694. The van der Waals surface area contributed by atoms with Gasteiger partial charge in [0.1, 0.15) is 5.82 Å². The van der Waals surface area contributed by atoms with Gasteiger partial charge in [0.05, 0.1) is 10.0 Å². The molecule has 1 heterocycles. The largest absolute Gasteiger partial charge is 0.478 e. The lowest BCUT2D eigenvalue weighted by Crippen LogP contribution is -2.15. The standard InChI is InChI=1S/C10H11BrN2O2/c11-8-7(10(14)15)5-3-1-2-4-6(5)13-9(8)12/h1-4H2,(H2,12,13)(H,14,15). The fraction of sp³-hybridized carbons (Fsp3) is 0.400. The van der Waals surface area contributed by atoms with Crippen molar-refractivity contribution in [2.75, 3.05) is 5.73 Å². The van der Waals surface area contributed by atoms with Crippen LogP contribution in [0.1, 0.15) is 34.5 Å². The molecular formula is C10H11BrN2O2. The first-order valence-corrected chi connectivity index (χ1v) is 5.60. The molecule has 3 N–H and O–H groups in total. The Hall–Kier alpha value is -1.10. The van der Waals surface area contributed by atoms with E-state index in [1.54, 1.807) is 0 Å². The zero-order valence-electron chi connectivity index (χ0n) is 8.09. The summed E-state index contributed by atoms with van der Waals surface area (Å²) < 4.78 is 0.413. The summed E-state index contributed by atoms with van der Waals surface area (Å²) >= 11 is 3.19. The Morgan fingerprint density at radius 3 is 2.73 bits per heavy atom. The van der Waals surface area contributed by atoms with Crippen LogP contribution in [0, 0.1) is 0 Å². The molecule has 80 valence electrons. The van der Waals surface area contributed by atoms with Gasteiger partial charge in [-0.3, -0.25) is 0 Å². The highest BCUT2D eigenvalue weighted by molar-refractivity contribution is 9.10. The molecule has 0 atom stereocenters. The highest BCUT2D eigenvalue weighted by Gasteiger charge is 2.23. The van der Waals surface area contributed by atoms with Gasteiger partial charge in [-0.25, -0.2) is 9.78 Å². The Balaban J connectivity index is 2.68. The molecule has 5 heteroatoms. The van der Waals surface area contributed by atoms with Crippen molar-refractivity contribution in [1.82, 2.24) is 4.98 Å². The van der Waals surface area contributed by atoms with Crippen LogP contribution in [0.25, 0.3) is 0 Å². The highest BCUT2D eigenvalue weighted by Crippen LogP contribution is 2.31. The van der Waals surface area contributed by atoms with Gasteiger partial charge in [0, 0.05) is 5.69 Å². The van der Waals surface area contributed by atoms with E-state index >= 15 is 0 Å². The number of nitrogens with zero attached hydrogens (tertiary/aromatic N) is 1. The van der Waals surface area contributed by atoms with Crippen molar-refractivity contribution in [3.8, 4) is 0 Å². The molecule has 0 spiro atoms. The number of halogens is 1. The number of rotatable bonds is 1. The molecule has 0 amide bonds. The molecule has 1 aromatic heterocycles. The number of nitrogen functional groups attached to an aromatic ring is 1. The lowest BCUT2D eigenvalue weighted by Gasteiger charge is -2.18. The fourth-order valence-corrected chi connectivity index (χ4v) is 2.46. The van der Waals surface area contributed by atoms with E-state index in [0.29, 0.717) is 4.47 Å². The van der Waals surface area contributed by atoms with Gasteiger partial charge in [-0.05, 0) is 47.2 Å². The maximum Gasteiger partial charge on any atom is 0.337 e. The van der Waals surface area contributed by atoms with Crippen LogP contribution in [-0.4, -0.2) is 16.1 Å². The summed E-state index contributed by atoms with van der Waals surface area (Å²) in [6.07, 6.45) is 3.68.